The van der Waals surface area contributed by atoms with Crippen molar-refractivity contribution in [2.45, 2.75) is 45.1 Å². The molecule has 0 spiro atoms. The molecule has 1 fully saturated rings. The first-order valence-electron chi connectivity index (χ1n) is 10.7. The molecule has 2 aromatic carbocycles. The van der Waals surface area contributed by atoms with Gasteiger partial charge in [0.2, 0.25) is 0 Å². The molecule has 0 aliphatic carbocycles. The number of amides is 2. The van der Waals surface area contributed by atoms with E-state index in [1.165, 1.54) is 11.3 Å². The van der Waals surface area contributed by atoms with Crippen LogP contribution in [0.1, 0.15) is 55.0 Å². The standard InChI is InChI=1S/C24H27N3O4S/c1-24(2,3)31-23(30)27-11-9-15(10-12-27)22-26-20(14-32-22)21(29)25-19-6-4-5-16-13-17(28)7-8-18(16)19/h4-8,13-15,28H,9-12H2,1-3H3,(H,25,29). The van der Waals surface area contributed by atoms with Crippen LogP contribution in [-0.2, 0) is 4.74 Å². The number of hydrogen-bond acceptors (Lipinski definition) is 6. The fourth-order valence-corrected chi connectivity index (χ4v) is 4.75. The Morgan fingerprint density at radius 2 is 1.94 bits per heavy atom. The highest BCUT2D eigenvalue weighted by Crippen LogP contribution is 2.32. The van der Waals surface area contributed by atoms with Crippen molar-refractivity contribution in [3.05, 3.63) is 52.5 Å². The lowest BCUT2D eigenvalue weighted by atomic mass is 9.98. The molecular weight excluding hydrogens is 426 g/mol. The summed E-state index contributed by atoms with van der Waals surface area (Å²) in [5.41, 5.74) is 0.554. The number of hydrogen-bond donors (Lipinski definition) is 2. The van der Waals surface area contributed by atoms with Crippen LogP contribution < -0.4 is 5.32 Å². The number of aromatic nitrogens is 1. The second-order valence-corrected chi connectivity index (χ2v) is 9.87. The quantitative estimate of drug-likeness (QED) is 0.556. The van der Waals surface area contributed by atoms with Crippen molar-refractivity contribution < 1.29 is 19.4 Å². The number of phenols is 1. The number of carbonyl (C=O) groups excluding carboxylic acids is 2. The van der Waals surface area contributed by atoms with Crippen LogP contribution >= 0.6 is 11.3 Å². The van der Waals surface area contributed by atoms with Crippen molar-refractivity contribution in [2.75, 3.05) is 18.4 Å². The van der Waals surface area contributed by atoms with E-state index in [1.54, 1.807) is 28.5 Å². The highest BCUT2D eigenvalue weighted by molar-refractivity contribution is 7.10. The molecule has 1 saturated heterocycles. The van der Waals surface area contributed by atoms with Crippen LogP contribution in [0.5, 0.6) is 5.75 Å². The van der Waals surface area contributed by atoms with E-state index in [1.807, 2.05) is 39.0 Å². The third-order valence-electron chi connectivity index (χ3n) is 5.36. The second kappa shape index (κ2) is 8.78. The number of rotatable bonds is 3. The van der Waals surface area contributed by atoms with Crippen LogP contribution in [0.25, 0.3) is 10.8 Å². The number of aromatic hydroxyl groups is 1. The molecule has 2 N–H and O–H groups in total. The molecule has 1 aromatic heterocycles. The van der Waals surface area contributed by atoms with Crippen molar-refractivity contribution in [1.82, 2.24) is 9.88 Å². The zero-order valence-electron chi connectivity index (χ0n) is 18.4. The summed E-state index contributed by atoms with van der Waals surface area (Å²) in [6.45, 7) is 6.82. The minimum absolute atomic E-state index is 0.183. The first-order chi connectivity index (χ1) is 15.2. The summed E-state index contributed by atoms with van der Waals surface area (Å²) in [7, 11) is 0. The highest BCUT2D eigenvalue weighted by atomic mass is 32.1. The number of anilines is 1. The number of carbonyl (C=O) groups is 2. The molecule has 2 amide bonds. The summed E-state index contributed by atoms with van der Waals surface area (Å²) < 4.78 is 5.45. The van der Waals surface area contributed by atoms with E-state index in [9.17, 15) is 14.7 Å². The minimum atomic E-state index is -0.504. The van der Waals surface area contributed by atoms with Gasteiger partial charge in [0, 0.05) is 35.5 Å². The zero-order chi connectivity index (χ0) is 22.9. The Morgan fingerprint density at radius 3 is 2.66 bits per heavy atom. The molecule has 7 nitrogen and oxygen atoms in total. The lowest BCUT2D eigenvalue weighted by Crippen LogP contribution is -2.41. The molecule has 0 radical (unpaired) electrons. The smallest absolute Gasteiger partial charge is 0.410 e. The van der Waals surface area contributed by atoms with Gasteiger partial charge in [-0.05, 0) is 63.3 Å². The lowest BCUT2D eigenvalue weighted by molar-refractivity contribution is 0.0204. The maximum absolute atomic E-state index is 12.8. The van der Waals surface area contributed by atoms with Crippen LogP contribution in [0.2, 0.25) is 0 Å². The fourth-order valence-electron chi connectivity index (χ4n) is 3.78. The maximum atomic E-state index is 12.8. The molecular formula is C24H27N3O4S. The van der Waals surface area contributed by atoms with Crippen LogP contribution in [-0.4, -0.2) is 45.7 Å². The topological polar surface area (TPSA) is 91.8 Å². The summed E-state index contributed by atoms with van der Waals surface area (Å²) in [6.07, 6.45) is 1.31. The summed E-state index contributed by atoms with van der Waals surface area (Å²) >= 11 is 1.48. The van der Waals surface area contributed by atoms with Gasteiger partial charge in [-0.1, -0.05) is 12.1 Å². The van der Waals surface area contributed by atoms with Crippen molar-refractivity contribution >= 4 is 39.8 Å². The Morgan fingerprint density at radius 1 is 1.19 bits per heavy atom. The number of piperidine rings is 1. The number of fused-ring (bicyclic) bond motifs is 1. The van der Waals surface area contributed by atoms with Crippen LogP contribution in [0.3, 0.4) is 0 Å². The van der Waals surface area contributed by atoms with Gasteiger partial charge >= 0.3 is 6.09 Å². The molecule has 168 valence electrons. The maximum Gasteiger partial charge on any atom is 0.410 e. The molecule has 1 aliphatic rings. The molecule has 8 heteroatoms. The highest BCUT2D eigenvalue weighted by Gasteiger charge is 2.29. The Bertz CT molecular complexity index is 1140. The molecule has 0 saturated carbocycles. The number of nitrogens with one attached hydrogen (secondary N) is 1. The predicted molar refractivity (Wildman–Crippen MR) is 125 cm³/mol. The molecule has 0 unspecified atom stereocenters. The summed E-state index contributed by atoms with van der Waals surface area (Å²) in [4.78, 5) is 31.4. The lowest BCUT2D eigenvalue weighted by Gasteiger charge is -2.32. The summed E-state index contributed by atoms with van der Waals surface area (Å²) in [5, 5.41) is 17.0. The van der Waals surface area contributed by atoms with E-state index >= 15 is 0 Å². The Labute approximate surface area is 191 Å². The van der Waals surface area contributed by atoms with Crippen molar-refractivity contribution in [3.8, 4) is 5.75 Å². The Kier molecular flexibility index (Phi) is 6.06. The number of ether oxygens (including phenoxy) is 1. The number of likely N-dealkylation sites (tertiary alicyclic amines) is 1. The molecule has 4 rings (SSSR count). The van der Waals surface area contributed by atoms with Crippen molar-refractivity contribution in [2.24, 2.45) is 0 Å². The van der Waals surface area contributed by atoms with Gasteiger partial charge in [-0.15, -0.1) is 11.3 Å². The van der Waals surface area contributed by atoms with Crippen molar-refractivity contribution in [3.63, 3.8) is 0 Å². The molecule has 2 heterocycles. The van der Waals surface area contributed by atoms with Gasteiger partial charge in [-0.25, -0.2) is 9.78 Å². The third-order valence-corrected chi connectivity index (χ3v) is 6.37. The van der Waals surface area contributed by atoms with Gasteiger partial charge in [-0.2, -0.15) is 0 Å². The molecule has 3 aromatic rings. The average Bonchev–Trinajstić information content (AvgIpc) is 3.23. The molecule has 0 bridgehead atoms. The number of nitrogens with zero attached hydrogens (tertiary/aromatic N) is 2. The van der Waals surface area contributed by atoms with E-state index < -0.39 is 5.60 Å². The van der Waals surface area contributed by atoms with Gasteiger partial charge in [0.15, 0.2) is 0 Å². The normalized spacial score (nSPS) is 15.0. The number of benzene rings is 2. The Balaban J connectivity index is 1.39. The first-order valence-corrected chi connectivity index (χ1v) is 11.5. The monoisotopic (exact) mass is 453 g/mol. The van der Waals surface area contributed by atoms with E-state index in [-0.39, 0.29) is 23.7 Å². The Hall–Kier alpha value is -3.13. The van der Waals surface area contributed by atoms with Gasteiger partial charge in [-0.3, -0.25) is 4.79 Å². The van der Waals surface area contributed by atoms with E-state index in [0.717, 1.165) is 28.6 Å². The van der Waals surface area contributed by atoms with Gasteiger partial charge in [0.25, 0.3) is 5.91 Å². The van der Waals surface area contributed by atoms with Gasteiger partial charge < -0.3 is 20.1 Å². The SMILES string of the molecule is CC(C)(C)OC(=O)N1CCC(c2nc(C(=O)Nc3cccc4cc(O)ccc34)cs2)CC1. The summed E-state index contributed by atoms with van der Waals surface area (Å²) in [6, 6.07) is 10.6. The second-order valence-electron chi connectivity index (χ2n) is 8.98. The van der Waals surface area contributed by atoms with Crippen molar-refractivity contribution in [1.29, 1.82) is 0 Å². The fraction of sp³-hybridized carbons (Fsp3) is 0.375. The van der Waals surface area contributed by atoms with E-state index in [2.05, 4.69) is 10.3 Å². The summed E-state index contributed by atoms with van der Waals surface area (Å²) in [5.74, 6) is 0.142. The van der Waals surface area contributed by atoms with E-state index in [0.29, 0.717) is 24.5 Å². The van der Waals surface area contributed by atoms with Gasteiger partial charge in [0.1, 0.15) is 17.0 Å². The minimum Gasteiger partial charge on any atom is -0.508 e. The largest absolute Gasteiger partial charge is 0.508 e. The van der Waals surface area contributed by atoms with Crippen LogP contribution in [0.15, 0.2) is 41.8 Å². The number of phenolic OH excluding ortho intramolecular Hbond substituents is 1. The third kappa shape index (κ3) is 5.02. The zero-order valence-corrected chi connectivity index (χ0v) is 19.2. The molecule has 32 heavy (non-hydrogen) atoms. The number of thiazole rings is 1. The molecule has 1 aliphatic heterocycles. The predicted octanol–water partition coefficient (Wildman–Crippen LogP) is 5.37. The van der Waals surface area contributed by atoms with Gasteiger partial charge in [0.05, 0.1) is 5.01 Å². The first kappa shape index (κ1) is 22.1. The van der Waals surface area contributed by atoms with Crippen LogP contribution in [0, 0.1) is 0 Å². The van der Waals surface area contributed by atoms with E-state index in [4.69, 9.17) is 4.74 Å². The molecule has 0 atom stereocenters. The van der Waals surface area contributed by atoms with Crippen LogP contribution in [0.4, 0.5) is 10.5 Å². The average molecular weight is 454 g/mol.